The molecule has 0 saturated heterocycles. The number of sulfone groups is 1. The van der Waals surface area contributed by atoms with Crippen molar-refractivity contribution in [1.82, 2.24) is 10.0 Å². The molecular weight excluding hydrogens is 434 g/mol. The van der Waals surface area contributed by atoms with E-state index in [0.29, 0.717) is 5.56 Å². The van der Waals surface area contributed by atoms with Crippen molar-refractivity contribution in [2.45, 2.75) is 24.6 Å². The fourth-order valence-electron chi connectivity index (χ4n) is 2.55. The van der Waals surface area contributed by atoms with Gasteiger partial charge in [-0.1, -0.05) is 23.2 Å². The predicted octanol–water partition coefficient (Wildman–Crippen LogP) is 2.66. The number of carbonyl (C=O) groups excluding carboxylic acids is 1. The van der Waals surface area contributed by atoms with E-state index in [4.69, 9.17) is 28.4 Å². The lowest BCUT2D eigenvalue weighted by Crippen LogP contribution is -2.49. The van der Waals surface area contributed by atoms with Crippen molar-refractivity contribution in [3.63, 3.8) is 0 Å². The van der Waals surface area contributed by atoms with Gasteiger partial charge in [-0.3, -0.25) is 14.8 Å². The third-order valence-electron chi connectivity index (χ3n) is 4.53. The Morgan fingerprint density at radius 2 is 1.96 bits per heavy atom. The first kappa shape index (κ1) is 22.4. The molecule has 1 aromatic heterocycles. The number of rotatable bonds is 6. The maximum absolute atomic E-state index is 13.6. The highest BCUT2D eigenvalue weighted by molar-refractivity contribution is 7.92. The van der Waals surface area contributed by atoms with Crippen molar-refractivity contribution < 1.29 is 22.8 Å². The molecule has 0 spiro atoms. The summed E-state index contributed by atoms with van der Waals surface area (Å²) in [6.07, 6.45) is 1.97. The highest BCUT2D eigenvalue weighted by Crippen LogP contribution is 2.34. The van der Waals surface area contributed by atoms with Gasteiger partial charge in [-0.05, 0) is 37.1 Å². The Morgan fingerprint density at radius 1 is 1.32 bits per heavy atom. The number of nitrogens with one attached hydrogen (secondary N) is 1. The van der Waals surface area contributed by atoms with E-state index in [9.17, 15) is 22.4 Å². The zero-order chi connectivity index (χ0) is 21.3. The van der Waals surface area contributed by atoms with Crippen LogP contribution in [-0.2, 0) is 21.2 Å². The number of benzene rings is 1. The van der Waals surface area contributed by atoms with Gasteiger partial charge in [0.15, 0.2) is 14.6 Å². The highest BCUT2D eigenvalue weighted by Gasteiger charge is 2.43. The van der Waals surface area contributed by atoms with Crippen LogP contribution in [0.1, 0.15) is 13.3 Å². The van der Waals surface area contributed by atoms with Crippen molar-refractivity contribution in [1.29, 1.82) is 0 Å². The van der Waals surface area contributed by atoms with Gasteiger partial charge in [-0.15, -0.1) is 0 Å². The van der Waals surface area contributed by atoms with Gasteiger partial charge in [0, 0.05) is 30.6 Å². The van der Waals surface area contributed by atoms with Crippen LogP contribution in [0.2, 0.25) is 10.0 Å². The largest absolute Gasteiger partial charge is 0.315 e. The summed E-state index contributed by atoms with van der Waals surface area (Å²) < 4.78 is 36.8. The number of hydroxylamine groups is 1. The van der Waals surface area contributed by atoms with E-state index in [2.05, 4.69) is 0 Å². The topological polar surface area (TPSA) is 105 Å². The first-order chi connectivity index (χ1) is 12.9. The second-order valence-electron chi connectivity index (χ2n) is 6.39. The van der Waals surface area contributed by atoms with Crippen LogP contribution >= 0.6 is 23.2 Å². The van der Waals surface area contributed by atoms with Gasteiger partial charge in [-0.25, -0.2) is 18.3 Å². The Kier molecular flexibility index (Phi) is 6.55. The molecule has 0 saturated carbocycles. The van der Waals surface area contributed by atoms with E-state index < -0.39 is 31.9 Å². The second-order valence-corrected chi connectivity index (χ2v) is 9.62. The maximum Gasteiger partial charge on any atom is 0.264 e. The minimum absolute atomic E-state index is 0.000204. The Labute approximate surface area is 170 Å². The Hall–Kier alpha value is -1.94. The molecule has 2 N–H and O–H groups in total. The number of amides is 1. The number of hydrogen-bond donors (Lipinski definition) is 2. The maximum atomic E-state index is 13.6. The van der Waals surface area contributed by atoms with E-state index in [1.807, 2.05) is 0 Å². The molecule has 0 aliphatic rings. The molecule has 1 heterocycles. The van der Waals surface area contributed by atoms with E-state index in [-0.39, 0.29) is 28.6 Å². The second kappa shape index (κ2) is 8.20. The van der Waals surface area contributed by atoms with Crippen LogP contribution < -0.4 is 11.0 Å². The van der Waals surface area contributed by atoms with Crippen molar-refractivity contribution in [2.24, 2.45) is 0 Å². The summed E-state index contributed by atoms with van der Waals surface area (Å²) >= 11 is 11.9. The molecule has 1 amide bonds. The lowest BCUT2D eigenvalue weighted by molar-refractivity contribution is -0.131. The van der Waals surface area contributed by atoms with Gasteiger partial charge < -0.3 is 4.57 Å². The number of carbonyl (C=O) groups is 1. The van der Waals surface area contributed by atoms with Crippen molar-refractivity contribution in [3.05, 3.63) is 56.7 Å². The first-order valence-electron chi connectivity index (χ1n) is 7.90. The van der Waals surface area contributed by atoms with Gasteiger partial charge in [-0.2, -0.15) is 0 Å². The van der Waals surface area contributed by atoms with Crippen LogP contribution in [-0.4, -0.2) is 35.1 Å². The van der Waals surface area contributed by atoms with Crippen LogP contribution in [0.5, 0.6) is 0 Å². The summed E-state index contributed by atoms with van der Waals surface area (Å²) in [5.74, 6) is -1.71. The molecule has 0 radical (unpaired) electrons. The number of pyridine rings is 1. The smallest absolute Gasteiger partial charge is 0.264 e. The molecule has 7 nitrogen and oxygen atoms in total. The average molecular weight is 451 g/mol. The van der Waals surface area contributed by atoms with Crippen LogP contribution in [0.25, 0.3) is 11.1 Å². The lowest BCUT2D eigenvalue weighted by Gasteiger charge is -2.25. The molecule has 1 atom stereocenters. The molecule has 1 aromatic carbocycles. The molecule has 0 aliphatic heterocycles. The minimum Gasteiger partial charge on any atom is -0.315 e. The fourth-order valence-corrected chi connectivity index (χ4v) is 3.81. The summed E-state index contributed by atoms with van der Waals surface area (Å²) in [6, 6.07) is 4.87. The normalized spacial score (nSPS) is 13.8. The third kappa shape index (κ3) is 4.38. The SMILES string of the molecule is C[C@@](CCn1ccc(-c2cc(F)cc(Cl)c2Cl)cc1=O)(C(=O)NO)S(C)(=O)=O. The number of aromatic nitrogens is 1. The van der Waals surface area contributed by atoms with Gasteiger partial charge in [0.25, 0.3) is 11.5 Å². The number of nitrogens with zero attached hydrogens (tertiary/aromatic N) is 1. The number of aryl methyl sites for hydroxylation is 1. The number of halogens is 3. The third-order valence-corrected chi connectivity index (χ3v) is 7.36. The molecule has 0 unspecified atom stereocenters. The summed E-state index contributed by atoms with van der Waals surface area (Å²) in [5, 5.41) is 8.92. The fraction of sp³-hybridized carbons (Fsp3) is 0.294. The van der Waals surface area contributed by atoms with Crippen LogP contribution in [0.15, 0.2) is 35.3 Å². The lowest BCUT2D eigenvalue weighted by atomic mass is 10.1. The van der Waals surface area contributed by atoms with Gasteiger partial charge >= 0.3 is 0 Å². The summed E-state index contributed by atoms with van der Waals surface area (Å²) in [7, 11) is -3.89. The van der Waals surface area contributed by atoms with Crippen molar-refractivity contribution in [3.8, 4) is 11.1 Å². The summed E-state index contributed by atoms with van der Waals surface area (Å²) in [5.41, 5.74) is 1.38. The molecule has 0 fully saturated rings. The van der Waals surface area contributed by atoms with Gasteiger partial charge in [0.05, 0.1) is 10.0 Å². The molecule has 28 heavy (non-hydrogen) atoms. The molecule has 11 heteroatoms. The molecule has 0 bridgehead atoms. The quantitative estimate of drug-likeness (QED) is 0.399. The van der Waals surface area contributed by atoms with Crippen LogP contribution in [0, 0.1) is 5.82 Å². The van der Waals surface area contributed by atoms with E-state index in [1.54, 1.807) is 0 Å². The predicted molar refractivity (Wildman–Crippen MR) is 104 cm³/mol. The van der Waals surface area contributed by atoms with E-state index >= 15 is 0 Å². The molecule has 0 aliphatic carbocycles. The van der Waals surface area contributed by atoms with Gasteiger partial charge in [0.2, 0.25) is 0 Å². The van der Waals surface area contributed by atoms with Gasteiger partial charge in [0.1, 0.15) is 5.82 Å². The standard InChI is InChI=1S/C17H17Cl2FN2O5S/c1-17(16(24)21-25,28(2,26)27)4-6-22-5-3-10(7-14(22)23)12-8-11(20)9-13(18)15(12)19/h3,5,7-9,25H,4,6H2,1-2H3,(H,21,24)/t17-/m1/s1. The van der Waals surface area contributed by atoms with E-state index in [0.717, 1.165) is 25.3 Å². The summed E-state index contributed by atoms with van der Waals surface area (Å²) in [6.45, 7) is 1.04. The zero-order valence-electron chi connectivity index (χ0n) is 14.9. The summed E-state index contributed by atoms with van der Waals surface area (Å²) in [4.78, 5) is 24.2. The Balaban J connectivity index is 2.36. The first-order valence-corrected chi connectivity index (χ1v) is 10.5. The van der Waals surface area contributed by atoms with Crippen molar-refractivity contribution >= 4 is 38.9 Å². The Bertz CT molecular complexity index is 1090. The minimum atomic E-state index is -3.89. The van der Waals surface area contributed by atoms with E-state index in [1.165, 1.54) is 28.4 Å². The van der Waals surface area contributed by atoms with Crippen molar-refractivity contribution in [2.75, 3.05) is 6.26 Å². The van der Waals surface area contributed by atoms with Crippen LogP contribution in [0.3, 0.4) is 0 Å². The molecule has 2 rings (SSSR count). The monoisotopic (exact) mass is 450 g/mol. The molecular formula is C17H17Cl2FN2O5S. The number of hydrogen-bond acceptors (Lipinski definition) is 5. The highest BCUT2D eigenvalue weighted by atomic mass is 35.5. The Morgan fingerprint density at radius 3 is 2.50 bits per heavy atom. The zero-order valence-corrected chi connectivity index (χ0v) is 17.2. The molecule has 152 valence electrons. The average Bonchev–Trinajstić information content (AvgIpc) is 2.61. The molecule has 2 aromatic rings. The van der Waals surface area contributed by atoms with Crippen LogP contribution in [0.4, 0.5) is 4.39 Å².